The molecule has 0 saturated heterocycles. The van der Waals surface area contributed by atoms with Gasteiger partial charge in [-0.15, -0.1) is 0 Å². The van der Waals surface area contributed by atoms with E-state index in [1.807, 2.05) is 0 Å². The minimum absolute atomic E-state index is 0.0726. The van der Waals surface area contributed by atoms with Crippen molar-refractivity contribution >= 4 is 21.7 Å². The molecule has 0 aliphatic heterocycles. The van der Waals surface area contributed by atoms with Gasteiger partial charge in [0.2, 0.25) is 0 Å². The Hall–Kier alpha value is -0.700. The third-order valence-corrected chi connectivity index (χ3v) is 4.82. The van der Waals surface area contributed by atoms with Crippen molar-refractivity contribution in [1.29, 1.82) is 0 Å². The normalized spacial score (nSPS) is 23.6. The third kappa shape index (κ3) is 3.88. The van der Waals surface area contributed by atoms with Crippen LogP contribution in [0.1, 0.15) is 44.6 Å². The lowest BCUT2D eigenvalue weighted by molar-refractivity contribution is -0.125. The van der Waals surface area contributed by atoms with Gasteiger partial charge < -0.3 is 0 Å². The zero-order valence-electron chi connectivity index (χ0n) is 11.3. The zero-order valence-corrected chi connectivity index (χ0v) is 12.9. The summed E-state index contributed by atoms with van der Waals surface area (Å²) in [6.07, 6.45) is 5.74. The summed E-state index contributed by atoms with van der Waals surface area (Å²) in [5, 5.41) is 0. The van der Waals surface area contributed by atoms with Crippen LogP contribution in [0.2, 0.25) is 0 Å². The van der Waals surface area contributed by atoms with Crippen molar-refractivity contribution in [3.63, 3.8) is 0 Å². The van der Waals surface area contributed by atoms with E-state index in [-0.39, 0.29) is 11.7 Å². The maximum absolute atomic E-state index is 13.3. The summed E-state index contributed by atoms with van der Waals surface area (Å²) in [5.41, 5.74) is 0.912. The van der Waals surface area contributed by atoms with E-state index in [4.69, 9.17) is 0 Å². The van der Waals surface area contributed by atoms with Gasteiger partial charge in [0.1, 0.15) is 11.6 Å². The molecular formula is C16H20BrFO. The van der Waals surface area contributed by atoms with Crippen LogP contribution in [0.15, 0.2) is 22.7 Å². The molecule has 0 N–H and O–H groups in total. The van der Waals surface area contributed by atoms with Crippen LogP contribution in [0.3, 0.4) is 0 Å². The molecular weight excluding hydrogens is 307 g/mol. The molecule has 1 saturated carbocycles. The molecule has 19 heavy (non-hydrogen) atoms. The van der Waals surface area contributed by atoms with E-state index in [9.17, 15) is 9.18 Å². The highest BCUT2D eigenvalue weighted by Gasteiger charge is 2.28. The summed E-state index contributed by atoms with van der Waals surface area (Å²) in [7, 11) is 0. The summed E-state index contributed by atoms with van der Waals surface area (Å²) in [6.45, 7) is 2.19. The Kier molecular flexibility index (Phi) is 5.14. The van der Waals surface area contributed by atoms with Crippen molar-refractivity contribution in [1.82, 2.24) is 0 Å². The van der Waals surface area contributed by atoms with Gasteiger partial charge in [0, 0.05) is 16.8 Å². The molecule has 1 aliphatic carbocycles. The average Bonchev–Trinajstić information content (AvgIpc) is 2.38. The molecule has 1 aliphatic rings. The highest BCUT2D eigenvalue weighted by atomic mass is 79.9. The van der Waals surface area contributed by atoms with E-state index >= 15 is 0 Å². The van der Waals surface area contributed by atoms with Crippen molar-refractivity contribution < 1.29 is 9.18 Å². The summed E-state index contributed by atoms with van der Waals surface area (Å²) in [6, 6.07) is 4.71. The van der Waals surface area contributed by atoms with Gasteiger partial charge in [-0.3, -0.25) is 4.79 Å². The van der Waals surface area contributed by atoms with Crippen molar-refractivity contribution in [3.05, 3.63) is 34.1 Å². The number of rotatable bonds is 4. The number of hydrogen-bond donors (Lipinski definition) is 0. The van der Waals surface area contributed by atoms with E-state index in [1.54, 1.807) is 12.1 Å². The fraction of sp³-hybridized carbons (Fsp3) is 0.562. The van der Waals surface area contributed by atoms with Gasteiger partial charge in [-0.2, -0.15) is 0 Å². The van der Waals surface area contributed by atoms with E-state index in [2.05, 4.69) is 22.9 Å². The summed E-state index contributed by atoms with van der Waals surface area (Å²) < 4.78 is 14.2. The molecule has 2 rings (SSSR count). The summed E-state index contributed by atoms with van der Waals surface area (Å²) >= 11 is 3.45. The molecule has 2 atom stereocenters. The van der Waals surface area contributed by atoms with E-state index in [0.717, 1.165) is 22.9 Å². The second-order valence-corrected chi connectivity index (χ2v) is 6.39. The van der Waals surface area contributed by atoms with Gasteiger partial charge in [-0.05, 0) is 48.9 Å². The van der Waals surface area contributed by atoms with E-state index in [0.29, 0.717) is 24.5 Å². The second kappa shape index (κ2) is 6.65. The van der Waals surface area contributed by atoms with Crippen LogP contribution in [0, 0.1) is 17.7 Å². The fourth-order valence-electron chi connectivity index (χ4n) is 3.03. The first kappa shape index (κ1) is 14.7. The van der Waals surface area contributed by atoms with Crippen molar-refractivity contribution in [3.8, 4) is 0 Å². The Morgan fingerprint density at radius 1 is 1.42 bits per heavy atom. The number of halogens is 2. The van der Waals surface area contributed by atoms with Crippen LogP contribution in [0.25, 0.3) is 0 Å². The van der Waals surface area contributed by atoms with Gasteiger partial charge in [0.25, 0.3) is 0 Å². The summed E-state index contributed by atoms with van der Waals surface area (Å²) in [5.74, 6) is 0.860. The highest BCUT2D eigenvalue weighted by Crippen LogP contribution is 2.33. The number of hydrogen-bond acceptors (Lipinski definition) is 1. The Bertz CT molecular complexity index is 458. The minimum Gasteiger partial charge on any atom is -0.299 e. The molecule has 1 nitrogen and oxygen atoms in total. The average molecular weight is 327 g/mol. The number of Topliss-reactive ketones (excluding diaryl/α,β-unsaturated/α-hetero) is 1. The Morgan fingerprint density at radius 2 is 2.21 bits per heavy atom. The summed E-state index contributed by atoms with van der Waals surface area (Å²) in [4.78, 5) is 12.0. The fourth-order valence-corrected chi connectivity index (χ4v) is 3.44. The van der Waals surface area contributed by atoms with E-state index < -0.39 is 0 Å². The van der Waals surface area contributed by atoms with Gasteiger partial charge in [-0.1, -0.05) is 35.7 Å². The molecule has 1 aromatic carbocycles. The highest BCUT2D eigenvalue weighted by molar-refractivity contribution is 9.10. The first-order valence-corrected chi connectivity index (χ1v) is 7.86. The maximum atomic E-state index is 13.3. The number of ketones is 1. The molecule has 2 unspecified atom stereocenters. The lowest BCUT2D eigenvalue weighted by Crippen LogP contribution is -2.26. The molecule has 0 radical (unpaired) electrons. The lowest BCUT2D eigenvalue weighted by atomic mass is 9.76. The third-order valence-electron chi connectivity index (χ3n) is 4.04. The standard InChI is InChI=1S/C16H20BrFO/c1-2-3-11-4-7-16(19)13(8-11)9-12-10-14(18)5-6-15(12)17/h5-6,10-11,13H,2-4,7-9H2,1H3. The number of carbonyl (C=O) groups is 1. The largest absolute Gasteiger partial charge is 0.299 e. The molecule has 1 aromatic rings. The Labute approximate surface area is 122 Å². The van der Waals surface area contributed by atoms with Crippen LogP contribution >= 0.6 is 15.9 Å². The van der Waals surface area contributed by atoms with Crippen LogP contribution in [0.4, 0.5) is 4.39 Å². The minimum atomic E-state index is -0.230. The molecule has 0 aromatic heterocycles. The SMILES string of the molecule is CCCC1CCC(=O)C(Cc2cc(F)ccc2Br)C1. The van der Waals surface area contributed by atoms with Crippen LogP contribution in [-0.2, 0) is 11.2 Å². The number of benzene rings is 1. The topological polar surface area (TPSA) is 17.1 Å². The predicted molar refractivity (Wildman–Crippen MR) is 78.6 cm³/mol. The quantitative estimate of drug-likeness (QED) is 0.767. The first-order valence-electron chi connectivity index (χ1n) is 7.06. The predicted octanol–water partition coefficient (Wildman–Crippen LogP) is 4.92. The van der Waals surface area contributed by atoms with Crippen LogP contribution < -0.4 is 0 Å². The maximum Gasteiger partial charge on any atom is 0.136 e. The Balaban J connectivity index is 2.07. The van der Waals surface area contributed by atoms with Crippen molar-refractivity contribution in [2.75, 3.05) is 0 Å². The van der Waals surface area contributed by atoms with Gasteiger partial charge in [0.15, 0.2) is 0 Å². The monoisotopic (exact) mass is 326 g/mol. The molecule has 0 spiro atoms. The van der Waals surface area contributed by atoms with Gasteiger partial charge in [-0.25, -0.2) is 4.39 Å². The zero-order chi connectivity index (χ0) is 13.8. The van der Waals surface area contributed by atoms with Crippen LogP contribution in [-0.4, -0.2) is 5.78 Å². The second-order valence-electron chi connectivity index (χ2n) is 5.53. The van der Waals surface area contributed by atoms with Crippen molar-refractivity contribution in [2.24, 2.45) is 11.8 Å². The van der Waals surface area contributed by atoms with Crippen molar-refractivity contribution in [2.45, 2.75) is 45.4 Å². The molecule has 104 valence electrons. The first-order chi connectivity index (χ1) is 9.10. The Morgan fingerprint density at radius 3 is 2.95 bits per heavy atom. The number of carbonyl (C=O) groups excluding carboxylic acids is 1. The molecule has 0 amide bonds. The van der Waals surface area contributed by atoms with E-state index in [1.165, 1.54) is 18.9 Å². The lowest BCUT2D eigenvalue weighted by Gasteiger charge is -2.28. The van der Waals surface area contributed by atoms with Gasteiger partial charge >= 0.3 is 0 Å². The molecule has 3 heteroatoms. The smallest absolute Gasteiger partial charge is 0.136 e. The van der Waals surface area contributed by atoms with Gasteiger partial charge in [0.05, 0.1) is 0 Å². The molecule has 0 bridgehead atoms. The molecule has 0 heterocycles. The molecule has 1 fully saturated rings. The van der Waals surface area contributed by atoms with Crippen LogP contribution in [0.5, 0.6) is 0 Å².